The number of para-hydroxylation sites is 1. The molecule has 0 N–H and O–H groups in total. The second-order valence-corrected chi connectivity index (χ2v) is 7.32. The maximum Gasteiger partial charge on any atom is 0.337 e. The Labute approximate surface area is 171 Å². The van der Waals surface area contributed by atoms with Crippen LogP contribution >= 0.6 is 0 Å². The molecule has 0 atom stereocenters. The Morgan fingerprint density at radius 2 is 1.70 bits per heavy atom. The first-order valence-electron chi connectivity index (χ1n) is 9.65. The highest BCUT2D eigenvalue weighted by atomic mass is 16.2. The normalized spacial score (nSPS) is 11.4. The summed E-state index contributed by atoms with van der Waals surface area (Å²) in [7, 11) is 0. The van der Waals surface area contributed by atoms with Gasteiger partial charge >= 0.3 is 5.69 Å². The molecule has 0 amide bonds. The Morgan fingerprint density at radius 3 is 2.47 bits per heavy atom. The number of aromatic nitrogens is 5. The number of pyridine rings is 2. The van der Waals surface area contributed by atoms with E-state index in [2.05, 4.69) is 9.97 Å². The van der Waals surface area contributed by atoms with Crippen LogP contribution in [0.15, 0.2) is 76.6 Å². The molecule has 4 aromatic heterocycles. The van der Waals surface area contributed by atoms with Gasteiger partial charge < -0.3 is 4.40 Å². The van der Waals surface area contributed by atoms with E-state index in [1.807, 2.05) is 85.2 Å². The minimum atomic E-state index is -0.437. The summed E-state index contributed by atoms with van der Waals surface area (Å²) < 4.78 is 4.61. The van der Waals surface area contributed by atoms with Gasteiger partial charge in [0.25, 0.3) is 5.56 Å². The zero-order valence-electron chi connectivity index (χ0n) is 16.6. The van der Waals surface area contributed by atoms with Crippen LogP contribution in [0.1, 0.15) is 17.0 Å². The summed E-state index contributed by atoms with van der Waals surface area (Å²) >= 11 is 0. The van der Waals surface area contributed by atoms with E-state index in [1.54, 1.807) is 0 Å². The van der Waals surface area contributed by atoms with Crippen molar-refractivity contribution in [1.82, 2.24) is 23.5 Å². The summed E-state index contributed by atoms with van der Waals surface area (Å²) in [4.78, 5) is 36.0. The molecule has 0 unspecified atom stereocenters. The van der Waals surface area contributed by atoms with Crippen molar-refractivity contribution < 1.29 is 0 Å². The molecule has 4 heterocycles. The summed E-state index contributed by atoms with van der Waals surface area (Å²) in [5.74, 6) is 0. The Hall–Kier alpha value is -4.00. The van der Waals surface area contributed by atoms with Crippen LogP contribution in [0.5, 0.6) is 0 Å². The Morgan fingerprint density at radius 1 is 0.933 bits per heavy atom. The fraction of sp³-hybridized carbons (Fsp3) is 0.130. The first-order valence-corrected chi connectivity index (χ1v) is 9.65. The predicted octanol–water partition coefficient (Wildman–Crippen LogP) is 2.86. The fourth-order valence-electron chi connectivity index (χ4n) is 3.85. The Kier molecular flexibility index (Phi) is 4.10. The number of benzene rings is 1. The van der Waals surface area contributed by atoms with E-state index < -0.39 is 5.69 Å². The van der Waals surface area contributed by atoms with Crippen LogP contribution in [-0.2, 0) is 6.54 Å². The van der Waals surface area contributed by atoms with Crippen LogP contribution in [0.2, 0.25) is 0 Å². The molecule has 148 valence electrons. The third kappa shape index (κ3) is 2.83. The highest BCUT2D eigenvalue weighted by molar-refractivity contribution is 5.79. The molecular weight excluding hydrogens is 378 g/mol. The molecule has 1 aromatic carbocycles. The minimum absolute atomic E-state index is 0.0788. The molecule has 0 aliphatic rings. The Balaban J connectivity index is 1.82. The third-order valence-electron chi connectivity index (χ3n) is 5.17. The average Bonchev–Trinajstić information content (AvgIpc) is 3.14. The number of hydrogen-bond donors (Lipinski definition) is 0. The van der Waals surface area contributed by atoms with E-state index in [-0.39, 0.29) is 12.1 Å². The van der Waals surface area contributed by atoms with E-state index in [0.29, 0.717) is 22.4 Å². The van der Waals surface area contributed by atoms with Crippen molar-refractivity contribution in [2.45, 2.75) is 20.4 Å². The first kappa shape index (κ1) is 18.1. The lowest BCUT2D eigenvalue weighted by Crippen LogP contribution is -2.40. The van der Waals surface area contributed by atoms with Crippen molar-refractivity contribution in [3.63, 3.8) is 0 Å². The molecule has 0 aliphatic carbocycles. The molecule has 0 bridgehead atoms. The number of fused-ring (bicyclic) bond motifs is 2. The Bertz CT molecular complexity index is 1490. The van der Waals surface area contributed by atoms with Crippen molar-refractivity contribution in [3.8, 4) is 5.69 Å². The van der Waals surface area contributed by atoms with E-state index >= 15 is 0 Å². The van der Waals surface area contributed by atoms with Crippen molar-refractivity contribution in [1.29, 1.82) is 0 Å². The molecule has 5 rings (SSSR count). The van der Waals surface area contributed by atoms with Crippen molar-refractivity contribution in [2.75, 3.05) is 0 Å². The molecule has 5 aromatic rings. The molecule has 0 fully saturated rings. The van der Waals surface area contributed by atoms with Gasteiger partial charge in [-0.25, -0.2) is 19.3 Å². The zero-order chi connectivity index (χ0) is 20.8. The summed E-state index contributed by atoms with van der Waals surface area (Å²) in [6.45, 7) is 3.80. The van der Waals surface area contributed by atoms with Gasteiger partial charge in [-0.05, 0) is 49.7 Å². The monoisotopic (exact) mass is 397 g/mol. The molecule has 30 heavy (non-hydrogen) atoms. The second kappa shape index (κ2) is 6.81. The van der Waals surface area contributed by atoms with Gasteiger partial charge in [0, 0.05) is 18.1 Å². The maximum absolute atomic E-state index is 13.5. The van der Waals surface area contributed by atoms with Crippen molar-refractivity contribution >= 4 is 16.7 Å². The van der Waals surface area contributed by atoms with Crippen LogP contribution in [0.3, 0.4) is 0 Å². The molecule has 0 aliphatic heterocycles. The molecule has 7 heteroatoms. The molecular formula is C23H19N5O2. The topological polar surface area (TPSA) is 74.2 Å². The lowest BCUT2D eigenvalue weighted by Gasteiger charge is -2.14. The highest BCUT2D eigenvalue weighted by Crippen LogP contribution is 2.17. The van der Waals surface area contributed by atoms with E-state index in [4.69, 9.17) is 0 Å². The number of hydrogen-bond acceptors (Lipinski definition) is 4. The number of rotatable bonds is 3. The van der Waals surface area contributed by atoms with E-state index in [9.17, 15) is 9.59 Å². The van der Waals surface area contributed by atoms with Gasteiger partial charge in [0.2, 0.25) is 0 Å². The van der Waals surface area contributed by atoms with Gasteiger partial charge in [-0.3, -0.25) is 9.36 Å². The molecule has 0 saturated heterocycles. The summed E-state index contributed by atoms with van der Waals surface area (Å²) in [5.41, 5.74) is 3.18. The molecule has 0 radical (unpaired) electrons. The average molecular weight is 397 g/mol. The summed E-state index contributed by atoms with van der Waals surface area (Å²) in [6.07, 6.45) is 3.71. The fourth-order valence-corrected chi connectivity index (χ4v) is 3.85. The van der Waals surface area contributed by atoms with Crippen LogP contribution in [-0.4, -0.2) is 23.5 Å². The van der Waals surface area contributed by atoms with Crippen molar-refractivity contribution in [3.05, 3.63) is 105 Å². The van der Waals surface area contributed by atoms with Crippen LogP contribution < -0.4 is 11.2 Å². The van der Waals surface area contributed by atoms with Crippen molar-refractivity contribution in [2.24, 2.45) is 0 Å². The summed E-state index contributed by atoms with van der Waals surface area (Å²) in [6, 6.07) is 16.8. The summed E-state index contributed by atoms with van der Waals surface area (Å²) in [5, 5.41) is 0.438. The zero-order valence-corrected chi connectivity index (χ0v) is 16.6. The smallest absolute Gasteiger partial charge is 0.307 e. The lowest BCUT2D eigenvalue weighted by molar-refractivity contribution is 0.672. The standard InChI is InChI=1S/C23H19N5O2/c1-15-12-16(2)24-21-20(15)22(29)27(23(30)28(21)18-8-4-3-5-9-18)14-17-13-26-11-7-6-10-19(26)25-17/h3-13H,14H2,1-2H3. The third-order valence-corrected chi connectivity index (χ3v) is 5.17. The number of aryl methyl sites for hydroxylation is 2. The quantitative estimate of drug-likeness (QED) is 0.469. The first-order chi connectivity index (χ1) is 14.5. The van der Waals surface area contributed by atoms with Crippen LogP contribution in [0.25, 0.3) is 22.4 Å². The predicted molar refractivity (Wildman–Crippen MR) is 115 cm³/mol. The van der Waals surface area contributed by atoms with Gasteiger partial charge in [-0.1, -0.05) is 24.3 Å². The largest absolute Gasteiger partial charge is 0.337 e. The van der Waals surface area contributed by atoms with Gasteiger partial charge in [-0.2, -0.15) is 0 Å². The van der Waals surface area contributed by atoms with Crippen LogP contribution in [0.4, 0.5) is 0 Å². The van der Waals surface area contributed by atoms with E-state index in [1.165, 1.54) is 9.13 Å². The van der Waals surface area contributed by atoms with E-state index in [0.717, 1.165) is 16.9 Å². The number of imidazole rings is 1. The maximum atomic E-state index is 13.5. The van der Waals surface area contributed by atoms with Crippen LogP contribution in [0, 0.1) is 13.8 Å². The second-order valence-electron chi connectivity index (χ2n) is 7.32. The molecule has 0 spiro atoms. The molecule has 0 saturated carbocycles. The minimum Gasteiger partial charge on any atom is -0.307 e. The van der Waals surface area contributed by atoms with Gasteiger partial charge in [0.05, 0.1) is 23.3 Å². The number of nitrogens with zero attached hydrogens (tertiary/aromatic N) is 5. The lowest BCUT2D eigenvalue weighted by atomic mass is 10.1. The highest BCUT2D eigenvalue weighted by Gasteiger charge is 2.18. The SMILES string of the molecule is Cc1cc(C)c2c(=O)n(Cc3cn4ccccc4n3)c(=O)n(-c3ccccc3)c2n1. The van der Waals surface area contributed by atoms with Gasteiger partial charge in [-0.15, -0.1) is 0 Å². The van der Waals surface area contributed by atoms with Gasteiger partial charge in [0.1, 0.15) is 5.65 Å². The molecule has 7 nitrogen and oxygen atoms in total. The van der Waals surface area contributed by atoms with Gasteiger partial charge in [0.15, 0.2) is 5.65 Å².